The van der Waals surface area contributed by atoms with Crippen molar-refractivity contribution in [2.45, 2.75) is 5.92 Å². The number of hydrogen-bond donors (Lipinski definition) is 0. The lowest BCUT2D eigenvalue weighted by molar-refractivity contribution is 0.415. The first kappa shape index (κ1) is 16.6. The molecule has 0 bridgehead atoms. The Bertz CT molecular complexity index is 866. The quantitative estimate of drug-likeness (QED) is 0.572. The van der Waals surface area contributed by atoms with E-state index in [1.165, 1.54) is 5.56 Å². The van der Waals surface area contributed by atoms with Gasteiger partial charge in [-0.2, -0.15) is 0 Å². The molecule has 0 aliphatic carbocycles. The van der Waals surface area contributed by atoms with Gasteiger partial charge in [0.2, 0.25) is 0 Å². The maximum Gasteiger partial charge on any atom is 0.118 e. The second kappa shape index (κ2) is 8.57. The van der Waals surface area contributed by atoms with Crippen LogP contribution in [0, 0.1) is 11.8 Å². The zero-order valence-corrected chi connectivity index (χ0v) is 14.2. The largest absolute Gasteiger partial charge is 0.497 e. The molecule has 0 fully saturated rings. The maximum atomic E-state index is 5.21. The van der Waals surface area contributed by atoms with Gasteiger partial charge in [0.15, 0.2) is 0 Å². The van der Waals surface area contributed by atoms with Crippen LogP contribution in [-0.4, -0.2) is 7.11 Å². The fourth-order valence-electron chi connectivity index (χ4n) is 2.51. The highest BCUT2D eigenvalue weighted by Crippen LogP contribution is 2.19. The minimum Gasteiger partial charge on any atom is -0.497 e. The summed E-state index contributed by atoms with van der Waals surface area (Å²) in [4.78, 5) is 0. The highest BCUT2D eigenvalue weighted by Gasteiger charge is 2.03. The molecule has 0 heterocycles. The van der Waals surface area contributed by atoms with Crippen molar-refractivity contribution in [3.63, 3.8) is 0 Å². The maximum absolute atomic E-state index is 5.21. The van der Waals surface area contributed by atoms with E-state index in [4.69, 9.17) is 4.74 Å². The van der Waals surface area contributed by atoms with Crippen molar-refractivity contribution in [2.75, 3.05) is 7.11 Å². The zero-order chi connectivity index (χ0) is 17.3. The van der Waals surface area contributed by atoms with Crippen LogP contribution in [0.5, 0.6) is 5.75 Å². The van der Waals surface area contributed by atoms with Gasteiger partial charge in [-0.15, -0.1) is 0 Å². The highest BCUT2D eigenvalue weighted by atomic mass is 16.5. The average Bonchev–Trinajstić information content (AvgIpc) is 2.70. The van der Waals surface area contributed by atoms with E-state index < -0.39 is 0 Å². The number of benzene rings is 3. The molecule has 0 N–H and O–H groups in total. The van der Waals surface area contributed by atoms with E-state index in [9.17, 15) is 0 Å². The fraction of sp³-hybridized carbons (Fsp3) is 0.0833. The predicted molar refractivity (Wildman–Crippen MR) is 105 cm³/mol. The van der Waals surface area contributed by atoms with Crippen LogP contribution in [-0.2, 0) is 0 Å². The molecule has 1 atom stereocenters. The summed E-state index contributed by atoms with van der Waals surface area (Å²) in [6.07, 6.45) is 4.25. The van der Waals surface area contributed by atoms with Crippen molar-refractivity contribution in [1.82, 2.24) is 0 Å². The third-order valence-electron chi connectivity index (χ3n) is 3.90. The van der Waals surface area contributed by atoms with Gasteiger partial charge in [0, 0.05) is 5.56 Å². The molecule has 0 amide bonds. The molecule has 25 heavy (non-hydrogen) atoms. The fourth-order valence-corrected chi connectivity index (χ4v) is 2.51. The topological polar surface area (TPSA) is 9.23 Å². The highest BCUT2D eigenvalue weighted by molar-refractivity contribution is 5.54. The lowest BCUT2D eigenvalue weighted by Gasteiger charge is -2.06. The van der Waals surface area contributed by atoms with Gasteiger partial charge in [-0.3, -0.25) is 0 Å². The summed E-state index contributed by atoms with van der Waals surface area (Å²) in [6, 6.07) is 28.5. The van der Waals surface area contributed by atoms with E-state index in [0.717, 1.165) is 16.9 Å². The van der Waals surface area contributed by atoms with Crippen LogP contribution in [0.2, 0.25) is 0 Å². The number of methoxy groups -OCH3 is 1. The smallest absolute Gasteiger partial charge is 0.118 e. The molecule has 3 rings (SSSR count). The average molecular weight is 324 g/mol. The van der Waals surface area contributed by atoms with Crippen molar-refractivity contribution < 1.29 is 4.74 Å². The Morgan fingerprint density at radius 3 is 2.08 bits per heavy atom. The van der Waals surface area contributed by atoms with Gasteiger partial charge in [0.1, 0.15) is 5.75 Å². The van der Waals surface area contributed by atoms with Crippen molar-refractivity contribution in [3.05, 3.63) is 108 Å². The molecule has 1 nitrogen and oxygen atoms in total. The summed E-state index contributed by atoms with van der Waals surface area (Å²) >= 11 is 0. The second-order valence-electron chi connectivity index (χ2n) is 5.66. The third-order valence-corrected chi connectivity index (χ3v) is 3.90. The number of ether oxygens (including phenoxy) is 1. The lowest BCUT2D eigenvalue weighted by atomic mass is 9.98. The van der Waals surface area contributed by atoms with Gasteiger partial charge in [0.25, 0.3) is 0 Å². The molecule has 122 valence electrons. The van der Waals surface area contributed by atoms with Crippen LogP contribution < -0.4 is 4.74 Å². The Morgan fingerprint density at radius 1 is 0.800 bits per heavy atom. The minimum atomic E-state index is 0.0449. The predicted octanol–water partition coefficient (Wildman–Crippen LogP) is 5.54. The monoisotopic (exact) mass is 324 g/mol. The van der Waals surface area contributed by atoms with Crippen LogP contribution in [0.3, 0.4) is 0 Å². The standard InChI is InChI=1S/C24H20O/c1-25-24-18-14-21(15-19-24)13-17-23(22-10-6-3-7-11-22)16-12-20-8-4-2-5-9-20/h2-11,13-15,17-19,23H,1H3/b17-13+. The number of hydrogen-bond acceptors (Lipinski definition) is 1. The summed E-state index contributed by atoms with van der Waals surface area (Å²) in [6.45, 7) is 0. The van der Waals surface area contributed by atoms with Crippen molar-refractivity contribution in [2.24, 2.45) is 0 Å². The van der Waals surface area contributed by atoms with Crippen LogP contribution in [0.25, 0.3) is 6.08 Å². The third kappa shape index (κ3) is 4.86. The SMILES string of the molecule is COc1ccc(/C=C/C(C#Cc2ccccc2)c2ccccc2)cc1. The molecular weight excluding hydrogens is 304 g/mol. The van der Waals surface area contributed by atoms with Gasteiger partial charge in [0.05, 0.1) is 13.0 Å². The first-order chi connectivity index (χ1) is 12.3. The molecule has 0 saturated heterocycles. The van der Waals surface area contributed by atoms with Crippen LogP contribution in [0.4, 0.5) is 0 Å². The van der Waals surface area contributed by atoms with Crippen molar-refractivity contribution in [3.8, 4) is 17.6 Å². The Hall–Kier alpha value is -3.24. The molecule has 0 aromatic heterocycles. The molecule has 0 radical (unpaired) electrons. The molecule has 3 aromatic rings. The molecule has 0 saturated carbocycles. The van der Waals surface area contributed by atoms with E-state index >= 15 is 0 Å². The van der Waals surface area contributed by atoms with Crippen LogP contribution >= 0.6 is 0 Å². The van der Waals surface area contributed by atoms with Crippen molar-refractivity contribution >= 4 is 6.08 Å². The first-order valence-corrected chi connectivity index (χ1v) is 8.29. The molecule has 3 aromatic carbocycles. The normalized spacial score (nSPS) is 11.6. The minimum absolute atomic E-state index is 0.0449. The van der Waals surface area contributed by atoms with E-state index in [2.05, 4.69) is 36.1 Å². The Balaban J connectivity index is 1.86. The Labute approximate surface area is 149 Å². The van der Waals surface area contributed by atoms with Crippen LogP contribution in [0.1, 0.15) is 22.6 Å². The summed E-state index contributed by atoms with van der Waals surface area (Å²) in [5.41, 5.74) is 3.35. The Kier molecular flexibility index (Phi) is 5.69. The zero-order valence-electron chi connectivity index (χ0n) is 14.2. The van der Waals surface area contributed by atoms with Gasteiger partial charge in [-0.25, -0.2) is 0 Å². The van der Waals surface area contributed by atoms with E-state index in [1.54, 1.807) is 7.11 Å². The molecular formula is C24H20O. The summed E-state index contributed by atoms with van der Waals surface area (Å²) in [7, 11) is 1.68. The molecule has 0 aliphatic rings. The van der Waals surface area contributed by atoms with E-state index in [-0.39, 0.29) is 5.92 Å². The lowest BCUT2D eigenvalue weighted by Crippen LogP contribution is -1.91. The molecule has 1 unspecified atom stereocenters. The number of allylic oxidation sites excluding steroid dienone is 1. The summed E-state index contributed by atoms with van der Waals surface area (Å²) < 4.78 is 5.21. The second-order valence-corrected chi connectivity index (χ2v) is 5.66. The van der Waals surface area contributed by atoms with Gasteiger partial charge in [-0.05, 0) is 35.4 Å². The van der Waals surface area contributed by atoms with Crippen molar-refractivity contribution in [1.29, 1.82) is 0 Å². The first-order valence-electron chi connectivity index (χ1n) is 8.29. The van der Waals surface area contributed by atoms with Crippen LogP contribution in [0.15, 0.2) is 91.0 Å². The molecule has 1 heteroatoms. The molecule has 0 spiro atoms. The molecule has 0 aliphatic heterocycles. The van der Waals surface area contributed by atoms with E-state index in [0.29, 0.717) is 0 Å². The van der Waals surface area contributed by atoms with Gasteiger partial charge < -0.3 is 4.74 Å². The van der Waals surface area contributed by atoms with Gasteiger partial charge in [-0.1, -0.05) is 84.7 Å². The summed E-state index contributed by atoms with van der Waals surface area (Å²) in [5.74, 6) is 7.57. The Morgan fingerprint density at radius 2 is 1.44 bits per heavy atom. The van der Waals surface area contributed by atoms with Gasteiger partial charge >= 0.3 is 0 Å². The number of rotatable bonds is 4. The summed E-state index contributed by atoms with van der Waals surface area (Å²) in [5, 5.41) is 0. The van der Waals surface area contributed by atoms with E-state index in [1.807, 2.05) is 72.8 Å².